The number of hydrogen-bond acceptors (Lipinski definition) is 18. The number of likely N-dealkylation sites (tertiary alicyclic amines) is 3. The molecule has 12 aliphatic rings. The van der Waals surface area contributed by atoms with Crippen LogP contribution in [-0.4, -0.2) is 306 Å². The second-order valence-corrected chi connectivity index (χ2v) is 48.8. The minimum Gasteiger partial charge on any atom is -0.370 e. The van der Waals surface area contributed by atoms with Gasteiger partial charge in [-0.1, -0.05) is 190 Å². The Hall–Kier alpha value is -10.7. The summed E-state index contributed by atoms with van der Waals surface area (Å²) in [7, 11) is 4.37. The van der Waals surface area contributed by atoms with Crippen molar-refractivity contribution < 1.29 is 46.0 Å². The van der Waals surface area contributed by atoms with Gasteiger partial charge in [0.1, 0.15) is 16.1 Å². The highest BCUT2D eigenvalue weighted by Gasteiger charge is 2.49. The Balaban J connectivity index is 0.000000164. The molecule has 12 aliphatic heterocycles. The summed E-state index contributed by atoms with van der Waals surface area (Å²) < 4.78 is 0. The Morgan fingerprint density at radius 1 is 0.319 bits per heavy atom. The van der Waals surface area contributed by atoms with E-state index < -0.39 is 15.7 Å². The average molecular weight is 2020 g/mol. The number of thioether (sulfide) groups is 3. The van der Waals surface area contributed by atoms with Gasteiger partial charge in [0.15, 0.2) is 0 Å². The summed E-state index contributed by atoms with van der Waals surface area (Å²) in [5, 5.41) is 7.61. The quantitative estimate of drug-likeness (QED) is 0.0572. The first-order chi connectivity index (χ1) is 69.3. The Bertz CT molecular complexity index is 5640. The average Bonchev–Trinajstić information content (AvgIpc) is 1.63. The van der Waals surface area contributed by atoms with Crippen molar-refractivity contribution in [3.8, 4) is 0 Å². The van der Waals surface area contributed by atoms with E-state index in [1.807, 2.05) is 84.0 Å². The first-order valence-electron chi connectivity index (χ1n) is 53.2. The van der Waals surface area contributed by atoms with E-state index in [1.54, 1.807) is 35.3 Å². The molecule has 27 nitrogen and oxygen atoms in total. The van der Waals surface area contributed by atoms with E-state index in [0.717, 1.165) is 201 Å². The van der Waals surface area contributed by atoms with Gasteiger partial charge in [-0.15, -0.1) is 35.3 Å². The third kappa shape index (κ3) is 25.9. The predicted octanol–water partition coefficient (Wildman–Crippen LogP) is 18.7. The smallest absolute Gasteiger partial charge is 0.322 e. The SMILES string of the molecule is CC(C)(C)CCN1C(=O)C(CC(=O)N2CCC(N3CCc4ccccc4NC3=O)CC2)SC1c1ccccc1N1CCN(c2ccccc2)CC1.CN1CCCN(c2ccccc2C2SC(CC(=O)N3CCC(N4CCc5ccccc5NC4=O)CC3)C(=O)N2CCC(C)(C)C)CC1.CN1CCCN(c2ccccc2C2SC(CC(=O)N3CCC(N4Cc5ccccc5NC4=O)CC3)C(=O)N2CCC(C)(C)C)CC1.[HH].[HH]. The highest BCUT2D eigenvalue weighted by Crippen LogP contribution is 2.52. The van der Waals surface area contributed by atoms with Gasteiger partial charge >= 0.3 is 18.1 Å². The van der Waals surface area contributed by atoms with Gasteiger partial charge in [-0.2, -0.15) is 0 Å². The van der Waals surface area contributed by atoms with Crippen molar-refractivity contribution in [3.05, 3.63) is 209 Å². The summed E-state index contributed by atoms with van der Waals surface area (Å²) in [6, 6.07) is 60.3. The number of piperidine rings is 3. The third-order valence-electron chi connectivity index (χ3n) is 31.2. The number of nitrogens with zero attached hydrogens (tertiary/aromatic N) is 15. The largest absolute Gasteiger partial charge is 0.370 e. The maximum absolute atomic E-state index is 14.2. The molecule has 0 aromatic heterocycles. The molecule has 9 fully saturated rings. The van der Waals surface area contributed by atoms with Crippen molar-refractivity contribution in [2.24, 2.45) is 16.2 Å². The van der Waals surface area contributed by atoms with Crippen molar-refractivity contribution in [2.45, 2.75) is 222 Å². The topological polar surface area (TPSA) is 238 Å². The van der Waals surface area contributed by atoms with Crippen molar-refractivity contribution in [1.82, 2.24) is 53.9 Å². The Kier molecular flexibility index (Phi) is 34.2. The summed E-state index contributed by atoms with van der Waals surface area (Å²) in [5.74, 6) is 0.353. The molecule has 6 atom stereocenters. The van der Waals surface area contributed by atoms with E-state index >= 15 is 0 Å². The number of fused-ring (bicyclic) bond motifs is 3. The zero-order valence-electron chi connectivity index (χ0n) is 86.8. The van der Waals surface area contributed by atoms with Crippen LogP contribution in [0.3, 0.4) is 0 Å². The molecule has 7 aromatic carbocycles. The minimum atomic E-state index is -0.418. The molecule has 0 bridgehead atoms. The standard InChI is InChI=1S/C41H52N6O3S.C37H52N6O3S.C36H50N6O3S.2H2/c1-41(2,3)20-24-47-38(49)36(29-37(48)45-21-18-32(19-22-45)46-23-17-30-11-7-9-15-34(30)42-40(46)50)51-39(47)33-14-8-10-16-35(33)44-27-25-43(26-28-44)31-12-5-4-6-13-31;1-37(2,3)17-23-43-34(45)32(47-35(43)29-11-6-8-13-31(29)40-19-9-18-39(4)24-25-40)26-33(44)41-20-15-28(16-21-41)42-22-14-27-10-5-7-12-30(27)38-36(42)46;1-36(2,3)16-21-41-33(44)31(46-34(41)28-11-6-8-13-30(28)39-18-9-17-38(4)22-23-39)24-32(43)40-19-14-27(15-20-40)42-25-26-10-5-7-12-29(26)37-35(42)45;;/h4-16,32,36,39H,17-29H2,1-3H3,(H,42,50);5-8,10-13,28,32,35H,9,14-26H2,1-4H3,(H,38,46);5-8,10-13,27,31,34H,9,14-25H2,1-4H3,(H,37,45);2*1H. The monoisotopic (exact) mass is 2020 g/mol. The molecule has 0 spiro atoms. The number of benzene rings is 7. The van der Waals surface area contributed by atoms with Gasteiger partial charge in [0, 0.05) is 241 Å². The fraction of sp³-hybridized carbons (Fsp3) is 0.553. The van der Waals surface area contributed by atoms with Gasteiger partial charge in [0.2, 0.25) is 35.4 Å². The number of carbonyl (C=O) groups excluding carboxylic acids is 9. The molecule has 0 radical (unpaired) electrons. The fourth-order valence-corrected chi connectivity index (χ4v) is 27.0. The maximum atomic E-state index is 14.2. The summed E-state index contributed by atoms with van der Waals surface area (Å²) in [5.41, 5.74) is 14.7. The number of anilines is 7. The van der Waals surface area contributed by atoms with Gasteiger partial charge in [0.25, 0.3) is 0 Å². The summed E-state index contributed by atoms with van der Waals surface area (Å²) in [6.07, 6.45) is 11.6. The van der Waals surface area contributed by atoms with Gasteiger partial charge < -0.3 is 89.4 Å². The van der Waals surface area contributed by atoms with Gasteiger partial charge in [-0.25, -0.2) is 14.4 Å². The van der Waals surface area contributed by atoms with Crippen LogP contribution in [0.15, 0.2) is 176 Å². The fourth-order valence-electron chi connectivity index (χ4n) is 22.5. The number of hydrogen-bond donors (Lipinski definition) is 3. The number of carbonyl (C=O) groups is 9. The van der Waals surface area contributed by atoms with Crippen molar-refractivity contribution >= 4 is 129 Å². The summed E-state index contributed by atoms with van der Waals surface area (Å²) in [6.45, 7) is 39.3. The lowest BCUT2D eigenvalue weighted by molar-refractivity contribution is -0.137. The second kappa shape index (κ2) is 47.0. The van der Waals surface area contributed by atoms with Crippen LogP contribution in [0.5, 0.6) is 0 Å². The maximum Gasteiger partial charge on any atom is 0.322 e. The zero-order valence-corrected chi connectivity index (χ0v) is 89.3. The number of urea groups is 3. The number of amides is 12. The van der Waals surface area contributed by atoms with Crippen LogP contribution in [-0.2, 0) is 48.2 Å². The first-order valence-corrected chi connectivity index (χ1v) is 56.0. The summed E-state index contributed by atoms with van der Waals surface area (Å²) >= 11 is 4.96. The van der Waals surface area contributed by atoms with E-state index in [0.29, 0.717) is 78.5 Å². The third-order valence-corrected chi connectivity index (χ3v) is 35.6. The molecule has 3 N–H and O–H groups in total. The molecule has 19 rings (SSSR count). The van der Waals surface area contributed by atoms with Crippen LogP contribution in [0, 0.1) is 16.2 Å². The number of nitrogens with one attached hydrogen (secondary N) is 3. The van der Waals surface area contributed by atoms with E-state index in [4.69, 9.17) is 0 Å². The van der Waals surface area contributed by atoms with Crippen molar-refractivity contribution in [1.29, 1.82) is 0 Å². The molecule has 7 aromatic rings. The molecule has 30 heteroatoms. The molecule has 0 saturated carbocycles. The van der Waals surface area contributed by atoms with Crippen LogP contribution in [0.25, 0.3) is 0 Å². The minimum absolute atomic E-state index is 0. The summed E-state index contributed by atoms with van der Waals surface area (Å²) in [4.78, 5) is 155. The second-order valence-electron chi connectivity index (χ2n) is 45.0. The Morgan fingerprint density at radius 2 is 0.611 bits per heavy atom. The van der Waals surface area contributed by atoms with Crippen LogP contribution in [0.2, 0.25) is 0 Å². The van der Waals surface area contributed by atoms with E-state index in [-0.39, 0.29) is 126 Å². The molecular formula is C114H158N18O9S3. The van der Waals surface area contributed by atoms with Gasteiger partial charge in [-0.3, -0.25) is 28.8 Å². The Labute approximate surface area is 870 Å². The van der Waals surface area contributed by atoms with Crippen LogP contribution < -0.4 is 35.6 Å². The van der Waals surface area contributed by atoms with Crippen LogP contribution in [0.4, 0.5) is 54.2 Å². The predicted molar refractivity (Wildman–Crippen MR) is 588 cm³/mol. The molecular weight excluding hydrogens is 1860 g/mol. The van der Waals surface area contributed by atoms with Crippen molar-refractivity contribution in [3.63, 3.8) is 0 Å². The molecule has 144 heavy (non-hydrogen) atoms. The number of likely N-dealkylation sites (N-methyl/N-ethyl adjacent to an activating group) is 2. The zero-order chi connectivity index (χ0) is 101. The first kappa shape index (κ1) is 105. The molecule has 6 unspecified atom stereocenters. The van der Waals surface area contributed by atoms with Gasteiger partial charge in [0.05, 0.1) is 15.7 Å². The van der Waals surface area contributed by atoms with Crippen molar-refractivity contribution in [2.75, 3.05) is 200 Å². The lowest BCUT2D eigenvalue weighted by Gasteiger charge is -2.40. The van der Waals surface area contributed by atoms with E-state index in [9.17, 15) is 43.2 Å². The number of para-hydroxylation sites is 7. The highest BCUT2D eigenvalue weighted by molar-refractivity contribution is 8.01. The molecule has 12 heterocycles. The van der Waals surface area contributed by atoms with E-state index in [2.05, 4.69) is 258 Å². The lowest BCUT2D eigenvalue weighted by atomic mass is 9.92. The number of rotatable bonds is 22. The number of piperazine rings is 1. The van der Waals surface area contributed by atoms with Crippen LogP contribution >= 0.6 is 35.3 Å². The van der Waals surface area contributed by atoms with Crippen LogP contribution in [0.1, 0.15) is 205 Å². The molecule has 0 aliphatic carbocycles. The van der Waals surface area contributed by atoms with E-state index in [1.165, 1.54) is 33.9 Å². The molecule has 12 amide bonds. The lowest BCUT2D eigenvalue weighted by Crippen LogP contribution is -2.51. The van der Waals surface area contributed by atoms with Gasteiger partial charge in [-0.05, 0) is 192 Å². The molecule has 776 valence electrons. The Morgan fingerprint density at radius 3 is 0.972 bits per heavy atom. The normalized spacial score (nSPS) is 22.8. The highest BCUT2D eigenvalue weighted by atomic mass is 32.2. The molecule has 9 saturated heterocycles.